The van der Waals surface area contributed by atoms with E-state index in [4.69, 9.17) is 0 Å². The van der Waals surface area contributed by atoms with Gasteiger partial charge in [-0.2, -0.15) is 30.0 Å². The lowest BCUT2D eigenvalue weighted by atomic mass is 9.72. The lowest BCUT2D eigenvalue weighted by molar-refractivity contribution is 0.123. The van der Waals surface area contributed by atoms with Crippen LogP contribution in [-0.4, -0.2) is 55.0 Å². The number of hydrogen-bond donors (Lipinski definition) is 0. The fraction of sp³-hybridized carbons (Fsp3) is 0.600. The number of carbonyl (C=O) groups excluding carboxylic acids is 6. The molecular weight excluding hydrogens is 360 g/mol. The van der Waals surface area contributed by atoms with Crippen molar-refractivity contribution >= 4 is 36.5 Å². The van der Waals surface area contributed by atoms with Crippen LogP contribution >= 0.6 is 0 Å². The Bertz CT molecular complexity index is 711. The van der Waals surface area contributed by atoms with Gasteiger partial charge in [0.05, 0.1) is 5.41 Å². The molecule has 0 saturated heterocycles. The molecule has 12 nitrogen and oxygen atoms in total. The van der Waals surface area contributed by atoms with Gasteiger partial charge in [-0.1, -0.05) is 13.8 Å². The van der Waals surface area contributed by atoms with Crippen molar-refractivity contribution in [2.24, 2.45) is 41.3 Å². The minimum absolute atomic E-state index is 0.0295. The highest BCUT2D eigenvalue weighted by molar-refractivity contribution is 5.40. The zero-order chi connectivity index (χ0) is 20.7. The van der Waals surface area contributed by atoms with Crippen LogP contribution in [0.2, 0.25) is 0 Å². The minimum atomic E-state index is -1.52. The van der Waals surface area contributed by atoms with Crippen LogP contribution < -0.4 is 0 Å². The van der Waals surface area contributed by atoms with Crippen LogP contribution in [0.3, 0.4) is 0 Å². The molecule has 0 aliphatic heterocycles. The molecule has 0 bridgehead atoms. The molecule has 0 amide bonds. The summed E-state index contributed by atoms with van der Waals surface area (Å²) in [6.07, 6.45) is 3.15. The highest BCUT2D eigenvalue weighted by Crippen LogP contribution is 2.43. The van der Waals surface area contributed by atoms with Crippen LogP contribution in [0, 0.1) is 11.3 Å². The van der Waals surface area contributed by atoms with Crippen molar-refractivity contribution < 1.29 is 28.8 Å². The smallest absolute Gasteiger partial charge is 0.211 e. The lowest BCUT2D eigenvalue weighted by Crippen LogP contribution is -2.44. The molecule has 0 spiro atoms. The molecule has 0 aromatic rings. The Morgan fingerprint density at radius 1 is 0.667 bits per heavy atom. The van der Waals surface area contributed by atoms with Crippen molar-refractivity contribution in [3.8, 4) is 0 Å². The monoisotopic (exact) mass is 374 g/mol. The van der Waals surface area contributed by atoms with Crippen molar-refractivity contribution in [1.82, 2.24) is 0 Å². The van der Waals surface area contributed by atoms with Gasteiger partial charge in [-0.15, -0.1) is 0 Å². The van der Waals surface area contributed by atoms with E-state index in [2.05, 4.69) is 30.0 Å². The second-order valence-electron chi connectivity index (χ2n) is 5.25. The molecular formula is C15H14N6O6. The van der Waals surface area contributed by atoms with Crippen molar-refractivity contribution in [1.29, 1.82) is 0 Å². The third-order valence-electron chi connectivity index (χ3n) is 3.97. The van der Waals surface area contributed by atoms with E-state index < -0.39 is 29.8 Å². The molecule has 1 atom stereocenters. The van der Waals surface area contributed by atoms with E-state index in [1.807, 2.05) is 0 Å². The molecule has 0 N–H and O–H groups in total. The van der Waals surface area contributed by atoms with Gasteiger partial charge < -0.3 is 0 Å². The SMILES string of the molecule is CCC(CC(C)C(N=C=O)N=C=O)(C(N=C=O)N=C=O)C(N=C=O)N=C=O. The van der Waals surface area contributed by atoms with Crippen molar-refractivity contribution in [3.63, 3.8) is 0 Å². The Kier molecular flexibility index (Phi) is 10.9. The van der Waals surface area contributed by atoms with E-state index in [1.54, 1.807) is 6.92 Å². The Hall–Kier alpha value is -3.72. The van der Waals surface area contributed by atoms with Crippen LogP contribution in [0.25, 0.3) is 0 Å². The van der Waals surface area contributed by atoms with Crippen LogP contribution in [0.5, 0.6) is 0 Å². The summed E-state index contributed by atoms with van der Waals surface area (Å²) in [7, 11) is 0. The van der Waals surface area contributed by atoms with Crippen molar-refractivity contribution in [2.45, 2.75) is 45.2 Å². The quantitative estimate of drug-likeness (QED) is 0.352. The highest BCUT2D eigenvalue weighted by atomic mass is 16.1. The summed E-state index contributed by atoms with van der Waals surface area (Å²) in [4.78, 5) is 84.6. The summed E-state index contributed by atoms with van der Waals surface area (Å²) in [5, 5.41) is 0. The maximum Gasteiger partial charge on any atom is 0.237 e. The Labute approximate surface area is 152 Å². The van der Waals surface area contributed by atoms with E-state index >= 15 is 0 Å². The maximum absolute atomic E-state index is 10.8. The number of aliphatic imine (C=N–C) groups is 6. The van der Waals surface area contributed by atoms with Crippen LogP contribution in [0.4, 0.5) is 0 Å². The van der Waals surface area contributed by atoms with E-state index in [0.29, 0.717) is 0 Å². The topological polar surface area (TPSA) is 177 Å². The molecule has 140 valence electrons. The van der Waals surface area contributed by atoms with Gasteiger partial charge in [0.25, 0.3) is 0 Å². The third-order valence-corrected chi connectivity index (χ3v) is 3.97. The zero-order valence-corrected chi connectivity index (χ0v) is 14.4. The molecule has 0 heterocycles. The van der Waals surface area contributed by atoms with Gasteiger partial charge in [-0.25, -0.2) is 28.8 Å². The molecule has 0 radical (unpaired) electrons. The molecule has 0 fully saturated rings. The molecule has 0 saturated carbocycles. The molecule has 0 aromatic heterocycles. The van der Waals surface area contributed by atoms with Crippen molar-refractivity contribution in [2.75, 3.05) is 0 Å². The maximum atomic E-state index is 10.8. The molecule has 27 heavy (non-hydrogen) atoms. The third kappa shape index (κ3) is 6.25. The standard InChI is InChI=1S/C15H14N6O6/c1-3-15(13(18-7-24)19-8-25,14(20-9-26)21-10-27)4-11(2)12(16-5-22)17-6-23/h11-14H,3-4H2,1-2H3. The molecule has 12 heteroatoms. The second-order valence-corrected chi connectivity index (χ2v) is 5.25. The minimum Gasteiger partial charge on any atom is -0.211 e. The summed E-state index contributed by atoms with van der Waals surface area (Å²) >= 11 is 0. The van der Waals surface area contributed by atoms with Gasteiger partial charge in [0.1, 0.15) is 0 Å². The molecule has 1 unspecified atom stereocenters. The van der Waals surface area contributed by atoms with Crippen molar-refractivity contribution in [3.05, 3.63) is 0 Å². The summed E-state index contributed by atoms with van der Waals surface area (Å²) in [5.41, 5.74) is -1.52. The van der Waals surface area contributed by atoms with Crippen LogP contribution in [0.15, 0.2) is 30.0 Å². The fourth-order valence-corrected chi connectivity index (χ4v) is 2.72. The van der Waals surface area contributed by atoms with Gasteiger partial charge in [0.2, 0.25) is 36.5 Å². The predicted octanol–water partition coefficient (Wildman–Crippen LogP) is 0.402. The summed E-state index contributed by atoms with van der Waals surface area (Å²) in [6, 6.07) is 0. The Morgan fingerprint density at radius 2 is 1.00 bits per heavy atom. The number of nitrogens with zero attached hydrogens (tertiary/aromatic N) is 6. The first kappa shape index (κ1) is 23.3. The normalized spacial score (nSPS) is 15.8. The second kappa shape index (κ2) is 12.6. The average molecular weight is 374 g/mol. The molecule has 0 aliphatic carbocycles. The zero-order valence-electron chi connectivity index (χ0n) is 14.4. The molecule has 0 rings (SSSR count). The summed E-state index contributed by atoms with van der Waals surface area (Å²) < 4.78 is 0. The van der Waals surface area contributed by atoms with Crippen LogP contribution in [-0.2, 0) is 28.8 Å². The molecule has 0 aromatic carbocycles. The first-order valence-electron chi connectivity index (χ1n) is 7.43. The average Bonchev–Trinajstić information content (AvgIpc) is 2.65. The summed E-state index contributed by atoms with van der Waals surface area (Å²) in [5.74, 6) is -0.731. The number of rotatable bonds is 12. The highest BCUT2D eigenvalue weighted by Gasteiger charge is 2.48. The Morgan fingerprint density at radius 3 is 1.26 bits per heavy atom. The largest absolute Gasteiger partial charge is 0.237 e. The van der Waals surface area contributed by atoms with Gasteiger partial charge in [-0.3, -0.25) is 0 Å². The van der Waals surface area contributed by atoms with Crippen LogP contribution in [0.1, 0.15) is 26.7 Å². The first-order valence-corrected chi connectivity index (χ1v) is 7.43. The number of hydrogen-bond acceptors (Lipinski definition) is 12. The van der Waals surface area contributed by atoms with E-state index in [1.165, 1.54) is 43.4 Å². The first-order chi connectivity index (χ1) is 13.0. The van der Waals surface area contributed by atoms with Gasteiger partial charge >= 0.3 is 0 Å². The van der Waals surface area contributed by atoms with Gasteiger partial charge in [0, 0.05) is 5.92 Å². The van der Waals surface area contributed by atoms with Gasteiger partial charge in [0.15, 0.2) is 18.5 Å². The predicted molar refractivity (Wildman–Crippen MR) is 86.6 cm³/mol. The molecule has 0 aliphatic rings. The summed E-state index contributed by atoms with van der Waals surface area (Å²) in [6.45, 7) is 3.07. The van der Waals surface area contributed by atoms with E-state index in [0.717, 1.165) is 0 Å². The van der Waals surface area contributed by atoms with E-state index in [9.17, 15) is 28.8 Å². The van der Waals surface area contributed by atoms with E-state index in [-0.39, 0.29) is 12.8 Å². The fourth-order valence-electron chi connectivity index (χ4n) is 2.72. The Balaban J connectivity index is 6.60. The number of isocyanates is 6. The lowest BCUT2D eigenvalue weighted by Gasteiger charge is -2.38. The van der Waals surface area contributed by atoms with Gasteiger partial charge in [-0.05, 0) is 12.8 Å².